The summed E-state index contributed by atoms with van der Waals surface area (Å²) in [6.07, 6.45) is 5.08. The number of hydrogen-bond donors (Lipinski definition) is 0. The van der Waals surface area contributed by atoms with Gasteiger partial charge < -0.3 is 0 Å². The van der Waals surface area contributed by atoms with Crippen molar-refractivity contribution in [3.8, 4) is 6.07 Å². The van der Waals surface area contributed by atoms with Gasteiger partial charge in [0.15, 0.2) is 5.78 Å². The van der Waals surface area contributed by atoms with Gasteiger partial charge in [-0.05, 0) is 36.8 Å². The molecule has 0 aromatic heterocycles. The number of aliphatic imine (C=N–C) groups is 1. The van der Waals surface area contributed by atoms with E-state index < -0.39 is 0 Å². The first-order valence-corrected chi connectivity index (χ1v) is 7.42. The molecule has 0 aliphatic heterocycles. The number of benzene rings is 1. The number of ketones is 2. The van der Waals surface area contributed by atoms with Crippen LogP contribution in [0.3, 0.4) is 0 Å². The molecule has 1 saturated carbocycles. The number of hydrogen-bond acceptors (Lipinski definition) is 4. The normalized spacial score (nSPS) is 29.7. The zero-order valence-electron chi connectivity index (χ0n) is 11.6. The molecule has 2 aliphatic carbocycles. The molecule has 110 valence electrons. The lowest BCUT2D eigenvalue weighted by Gasteiger charge is -2.21. The quantitative estimate of drug-likeness (QED) is 0.636. The van der Waals surface area contributed by atoms with Gasteiger partial charge in [-0.1, -0.05) is 17.7 Å². The Kier molecular flexibility index (Phi) is 3.91. The first kappa shape index (κ1) is 14.7. The predicted molar refractivity (Wildman–Crippen MR) is 82.9 cm³/mol. The van der Waals surface area contributed by atoms with Crippen LogP contribution in [-0.2, 0) is 4.79 Å². The zero-order chi connectivity index (χ0) is 15.7. The molecule has 0 N–H and O–H groups in total. The molecular weight excluding hydrogens is 300 g/mol. The molecule has 0 heterocycles. The largest absolute Gasteiger partial charge is 0.294 e. The fraction of sp³-hybridized carbons (Fsp3) is 0.294. The summed E-state index contributed by atoms with van der Waals surface area (Å²) in [6.45, 7) is 0. The molecular formula is C17H13ClN2O2. The maximum absolute atomic E-state index is 12.1. The third-order valence-corrected chi connectivity index (χ3v) is 4.54. The van der Waals surface area contributed by atoms with E-state index >= 15 is 0 Å². The van der Waals surface area contributed by atoms with Gasteiger partial charge in [-0.25, -0.2) is 0 Å². The summed E-state index contributed by atoms with van der Waals surface area (Å²) >= 11 is 5.79. The Morgan fingerprint density at radius 2 is 2.09 bits per heavy atom. The number of nitriles is 1. The summed E-state index contributed by atoms with van der Waals surface area (Å²) < 4.78 is 0. The summed E-state index contributed by atoms with van der Waals surface area (Å²) in [6, 6.07) is 8.48. The molecule has 2 bridgehead atoms. The van der Waals surface area contributed by atoms with Gasteiger partial charge in [-0.2, -0.15) is 5.26 Å². The highest BCUT2D eigenvalue weighted by Crippen LogP contribution is 2.42. The van der Waals surface area contributed by atoms with E-state index in [1.54, 1.807) is 36.4 Å². The van der Waals surface area contributed by atoms with E-state index in [2.05, 4.69) is 11.1 Å². The van der Waals surface area contributed by atoms with Gasteiger partial charge in [-0.15, -0.1) is 0 Å². The van der Waals surface area contributed by atoms with E-state index in [1.807, 2.05) is 0 Å². The van der Waals surface area contributed by atoms with Crippen molar-refractivity contribution in [1.82, 2.24) is 0 Å². The van der Waals surface area contributed by atoms with E-state index in [0.29, 0.717) is 17.0 Å². The van der Waals surface area contributed by atoms with Crippen LogP contribution in [0.25, 0.3) is 0 Å². The average Bonchev–Trinajstić information content (AvgIpc) is 2.79. The predicted octanol–water partition coefficient (Wildman–Crippen LogP) is 2.88. The van der Waals surface area contributed by atoms with Crippen LogP contribution in [0.5, 0.6) is 0 Å². The molecule has 0 amide bonds. The molecule has 2 aliphatic rings. The fourth-order valence-corrected chi connectivity index (χ4v) is 3.25. The van der Waals surface area contributed by atoms with E-state index in [0.717, 1.165) is 0 Å². The van der Waals surface area contributed by atoms with Crippen LogP contribution in [0.1, 0.15) is 16.8 Å². The van der Waals surface area contributed by atoms with Crippen molar-refractivity contribution < 1.29 is 9.59 Å². The Morgan fingerprint density at radius 1 is 1.36 bits per heavy atom. The second kappa shape index (κ2) is 5.86. The molecule has 4 nitrogen and oxygen atoms in total. The minimum absolute atomic E-state index is 0.00454. The Balaban J connectivity index is 1.79. The molecule has 1 aromatic rings. The minimum atomic E-state index is -0.307. The molecule has 1 aromatic carbocycles. The molecule has 5 heteroatoms. The maximum Gasteiger partial charge on any atom is 0.203 e. The van der Waals surface area contributed by atoms with Crippen LogP contribution in [0.4, 0.5) is 0 Å². The topological polar surface area (TPSA) is 70.3 Å². The van der Waals surface area contributed by atoms with Crippen molar-refractivity contribution in [2.24, 2.45) is 22.7 Å². The Labute approximate surface area is 133 Å². The Bertz CT molecular complexity index is 715. The molecule has 4 unspecified atom stereocenters. The van der Waals surface area contributed by atoms with Crippen LogP contribution in [-0.4, -0.2) is 23.8 Å². The van der Waals surface area contributed by atoms with E-state index in [-0.39, 0.29) is 35.4 Å². The third kappa shape index (κ3) is 2.60. The first-order chi connectivity index (χ1) is 10.6. The van der Waals surface area contributed by atoms with Crippen molar-refractivity contribution in [3.63, 3.8) is 0 Å². The Hall–Kier alpha value is -2.25. The highest BCUT2D eigenvalue weighted by atomic mass is 35.5. The van der Waals surface area contributed by atoms with Crippen LogP contribution in [0.2, 0.25) is 5.02 Å². The number of allylic oxidation sites excluding steroid dienone is 1. The molecule has 0 saturated heterocycles. The van der Waals surface area contributed by atoms with Crippen molar-refractivity contribution in [3.05, 3.63) is 47.0 Å². The number of Topliss-reactive ketones (excluding diaryl/α,β-unsaturated/α-hetero) is 1. The van der Waals surface area contributed by atoms with Crippen molar-refractivity contribution in [2.45, 2.75) is 12.5 Å². The number of carbonyl (C=O) groups excluding carboxylic acids is 2. The molecule has 22 heavy (non-hydrogen) atoms. The highest BCUT2D eigenvalue weighted by molar-refractivity contribution is 6.36. The third-order valence-electron chi connectivity index (χ3n) is 4.29. The van der Waals surface area contributed by atoms with Gasteiger partial charge in [0.25, 0.3) is 0 Å². The van der Waals surface area contributed by atoms with Crippen molar-refractivity contribution in [1.29, 1.82) is 5.26 Å². The van der Waals surface area contributed by atoms with Gasteiger partial charge in [0.1, 0.15) is 0 Å². The lowest BCUT2D eigenvalue weighted by Crippen LogP contribution is -2.29. The van der Waals surface area contributed by atoms with Crippen LogP contribution in [0.15, 0.2) is 41.4 Å². The molecule has 0 spiro atoms. The van der Waals surface area contributed by atoms with Gasteiger partial charge in [0.2, 0.25) is 5.78 Å². The van der Waals surface area contributed by atoms with E-state index in [1.165, 1.54) is 6.21 Å². The monoisotopic (exact) mass is 312 g/mol. The van der Waals surface area contributed by atoms with Crippen LogP contribution >= 0.6 is 11.6 Å². The van der Waals surface area contributed by atoms with Gasteiger partial charge >= 0.3 is 0 Å². The van der Waals surface area contributed by atoms with E-state index in [9.17, 15) is 14.9 Å². The van der Waals surface area contributed by atoms with Crippen LogP contribution in [0, 0.1) is 29.1 Å². The second-order valence-electron chi connectivity index (χ2n) is 5.56. The van der Waals surface area contributed by atoms with Gasteiger partial charge in [0.05, 0.1) is 24.2 Å². The first-order valence-electron chi connectivity index (χ1n) is 7.05. The summed E-state index contributed by atoms with van der Waals surface area (Å²) in [7, 11) is 0. The van der Waals surface area contributed by atoms with Gasteiger partial charge in [-0.3, -0.25) is 14.6 Å². The number of rotatable bonds is 3. The van der Waals surface area contributed by atoms with Gasteiger partial charge in [0, 0.05) is 22.4 Å². The molecule has 0 radical (unpaired) electrons. The van der Waals surface area contributed by atoms with Crippen molar-refractivity contribution in [2.75, 3.05) is 0 Å². The fourth-order valence-electron chi connectivity index (χ4n) is 3.12. The smallest absolute Gasteiger partial charge is 0.203 e. The number of halogens is 1. The molecule has 4 atom stereocenters. The number of nitrogens with zero attached hydrogens (tertiary/aromatic N) is 2. The number of fused-ring (bicyclic) bond motifs is 2. The van der Waals surface area contributed by atoms with Crippen molar-refractivity contribution >= 4 is 29.4 Å². The zero-order valence-corrected chi connectivity index (χ0v) is 12.4. The average molecular weight is 313 g/mol. The summed E-state index contributed by atoms with van der Waals surface area (Å²) in [5.41, 5.74) is 0.495. The minimum Gasteiger partial charge on any atom is -0.294 e. The molecule has 3 rings (SSSR count). The second-order valence-corrected chi connectivity index (χ2v) is 5.99. The lowest BCUT2D eigenvalue weighted by molar-refractivity contribution is -0.118. The molecule has 1 fully saturated rings. The maximum atomic E-state index is 12.1. The Morgan fingerprint density at radius 3 is 2.77 bits per heavy atom. The van der Waals surface area contributed by atoms with E-state index in [4.69, 9.17) is 11.6 Å². The highest BCUT2D eigenvalue weighted by Gasteiger charge is 2.47. The summed E-state index contributed by atoms with van der Waals surface area (Å²) in [5, 5.41) is 9.73. The summed E-state index contributed by atoms with van der Waals surface area (Å²) in [5.74, 6) is -0.807. The van der Waals surface area contributed by atoms with Crippen LogP contribution < -0.4 is 0 Å². The standard InChI is InChI=1S/C17H13ClN2O2/c18-12-3-1-10(2-4-12)16(22)9-20-17-13-5-6-15(21)14(17)7-11(13)8-19/h1-6,9,11,13-14,17H,7H2. The summed E-state index contributed by atoms with van der Waals surface area (Å²) in [4.78, 5) is 28.3. The lowest BCUT2D eigenvalue weighted by atomic mass is 9.87. The SMILES string of the molecule is N#CC1CC2C(=O)C=CC1C2N=CC(=O)c1ccc(Cl)cc1. The number of carbonyl (C=O) groups is 2.